The Kier molecular flexibility index (Phi) is 10.7. The fraction of sp³-hybridized carbons (Fsp3) is 0.714. The molecule has 5 heteroatoms. The van der Waals surface area contributed by atoms with Gasteiger partial charge in [-0.1, -0.05) is 38.8 Å². The highest BCUT2D eigenvalue weighted by atomic mass is 16.4. The Bertz CT molecular complexity index is 532. The summed E-state index contributed by atoms with van der Waals surface area (Å²) in [6.07, 6.45) is 10.1. The third-order valence-electron chi connectivity index (χ3n) is 4.75. The molecule has 3 atom stereocenters. The molecule has 0 spiro atoms. The predicted octanol–water partition coefficient (Wildman–Crippen LogP) is 3.37. The number of amides is 1. The van der Waals surface area contributed by atoms with Crippen molar-refractivity contribution in [3.8, 4) is 11.8 Å². The van der Waals surface area contributed by atoms with Crippen LogP contribution < -0.4 is 0 Å². The van der Waals surface area contributed by atoms with Crippen molar-refractivity contribution in [1.29, 1.82) is 0 Å². The van der Waals surface area contributed by atoms with Crippen LogP contribution >= 0.6 is 0 Å². The van der Waals surface area contributed by atoms with Gasteiger partial charge < -0.3 is 15.1 Å². The Hall–Kier alpha value is -1.80. The summed E-state index contributed by atoms with van der Waals surface area (Å²) in [5.41, 5.74) is 0. The number of carbonyl (C=O) groups excluding carboxylic acids is 1. The molecule has 1 unspecified atom stereocenters. The highest BCUT2D eigenvalue weighted by molar-refractivity contribution is 5.79. The topological polar surface area (TPSA) is 77.8 Å². The van der Waals surface area contributed by atoms with E-state index in [4.69, 9.17) is 5.11 Å². The minimum absolute atomic E-state index is 0.0665. The lowest BCUT2D eigenvalue weighted by Crippen LogP contribution is -2.32. The maximum Gasteiger partial charge on any atom is 0.306 e. The SMILES string of the molecule is CCC#CCC[C@H](O)/C=C/[C@H]1CCC(=O)N1CCCCCC(C)C(=O)O. The Morgan fingerprint density at radius 2 is 2.08 bits per heavy atom. The van der Waals surface area contributed by atoms with Crippen molar-refractivity contribution in [1.82, 2.24) is 4.90 Å². The predicted molar refractivity (Wildman–Crippen MR) is 102 cm³/mol. The van der Waals surface area contributed by atoms with Crippen LogP contribution in [0.4, 0.5) is 0 Å². The zero-order chi connectivity index (χ0) is 19.4. The van der Waals surface area contributed by atoms with E-state index >= 15 is 0 Å². The van der Waals surface area contributed by atoms with Crippen LogP contribution in [0.1, 0.15) is 71.6 Å². The molecule has 0 saturated carbocycles. The van der Waals surface area contributed by atoms with Crippen molar-refractivity contribution >= 4 is 11.9 Å². The minimum atomic E-state index is -0.746. The van der Waals surface area contributed by atoms with E-state index in [1.165, 1.54) is 0 Å². The van der Waals surface area contributed by atoms with Crippen LogP contribution in [0.2, 0.25) is 0 Å². The molecule has 1 saturated heterocycles. The van der Waals surface area contributed by atoms with Gasteiger partial charge in [0, 0.05) is 25.8 Å². The molecule has 1 aliphatic heterocycles. The summed E-state index contributed by atoms with van der Waals surface area (Å²) in [7, 11) is 0. The zero-order valence-electron chi connectivity index (χ0n) is 16.1. The lowest BCUT2D eigenvalue weighted by Gasteiger charge is -2.22. The monoisotopic (exact) mass is 363 g/mol. The van der Waals surface area contributed by atoms with Crippen LogP contribution in [0, 0.1) is 17.8 Å². The van der Waals surface area contributed by atoms with Gasteiger partial charge in [-0.2, -0.15) is 0 Å². The molecule has 0 radical (unpaired) electrons. The smallest absolute Gasteiger partial charge is 0.306 e. The lowest BCUT2D eigenvalue weighted by molar-refractivity contribution is -0.141. The van der Waals surface area contributed by atoms with Crippen LogP contribution in [0.15, 0.2) is 12.2 Å². The number of aliphatic hydroxyl groups excluding tert-OH is 1. The summed E-state index contributed by atoms with van der Waals surface area (Å²) in [6, 6.07) is 0.0665. The number of hydrogen-bond acceptors (Lipinski definition) is 3. The average molecular weight is 363 g/mol. The van der Waals surface area contributed by atoms with Gasteiger partial charge in [-0.3, -0.25) is 9.59 Å². The molecule has 26 heavy (non-hydrogen) atoms. The molecule has 1 aliphatic rings. The van der Waals surface area contributed by atoms with Gasteiger partial charge in [-0.15, -0.1) is 11.8 Å². The van der Waals surface area contributed by atoms with Crippen molar-refractivity contribution in [2.45, 2.75) is 83.8 Å². The second-order valence-corrected chi connectivity index (χ2v) is 6.98. The van der Waals surface area contributed by atoms with E-state index in [0.29, 0.717) is 32.2 Å². The third kappa shape index (κ3) is 8.53. The molecule has 0 bridgehead atoms. The molecule has 0 aromatic carbocycles. The van der Waals surface area contributed by atoms with E-state index in [1.54, 1.807) is 13.0 Å². The number of rotatable bonds is 11. The summed E-state index contributed by atoms with van der Waals surface area (Å²) < 4.78 is 0. The van der Waals surface area contributed by atoms with Gasteiger partial charge in [0.2, 0.25) is 5.91 Å². The molecule has 1 fully saturated rings. The number of unbranched alkanes of at least 4 members (excludes halogenated alkanes) is 2. The van der Waals surface area contributed by atoms with Crippen LogP contribution in [0.5, 0.6) is 0 Å². The van der Waals surface area contributed by atoms with Gasteiger partial charge >= 0.3 is 5.97 Å². The van der Waals surface area contributed by atoms with Crippen molar-refractivity contribution < 1.29 is 19.8 Å². The van der Waals surface area contributed by atoms with Gasteiger partial charge in [0.05, 0.1) is 18.1 Å². The van der Waals surface area contributed by atoms with E-state index in [-0.39, 0.29) is 17.9 Å². The first-order valence-electron chi connectivity index (χ1n) is 9.80. The first-order chi connectivity index (χ1) is 12.5. The number of carbonyl (C=O) groups is 2. The summed E-state index contributed by atoms with van der Waals surface area (Å²) in [6.45, 7) is 4.43. The van der Waals surface area contributed by atoms with E-state index in [0.717, 1.165) is 32.1 Å². The lowest BCUT2D eigenvalue weighted by atomic mass is 10.0. The second-order valence-electron chi connectivity index (χ2n) is 6.98. The number of hydrogen-bond donors (Lipinski definition) is 2. The normalized spacial score (nSPS) is 19.4. The summed E-state index contributed by atoms with van der Waals surface area (Å²) in [4.78, 5) is 24.8. The number of aliphatic hydroxyl groups is 1. The average Bonchev–Trinajstić information content (AvgIpc) is 2.96. The van der Waals surface area contributed by atoms with Gasteiger partial charge in [-0.25, -0.2) is 0 Å². The van der Waals surface area contributed by atoms with Gasteiger partial charge in [0.15, 0.2) is 0 Å². The van der Waals surface area contributed by atoms with Gasteiger partial charge in [-0.05, 0) is 25.7 Å². The van der Waals surface area contributed by atoms with E-state index in [2.05, 4.69) is 11.8 Å². The molecule has 0 aromatic rings. The summed E-state index contributed by atoms with van der Waals surface area (Å²) >= 11 is 0. The number of carboxylic acids is 1. The maximum atomic E-state index is 12.1. The Balaban J connectivity index is 2.33. The van der Waals surface area contributed by atoms with Crippen LogP contribution in [0.3, 0.4) is 0 Å². The van der Waals surface area contributed by atoms with Gasteiger partial charge in [0.1, 0.15) is 0 Å². The summed E-state index contributed by atoms with van der Waals surface area (Å²) in [5.74, 6) is 5.13. The maximum absolute atomic E-state index is 12.1. The highest BCUT2D eigenvalue weighted by Gasteiger charge is 2.28. The molecule has 1 amide bonds. The minimum Gasteiger partial charge on any atom is -0.481 e. The van der Waals surface area contributed by atoms with Gasteiger partial charge in [0.25, 0.3) is 0 Å². The molecule has 5 nitrogen and oxygen atoms in total. The third-order valence-corrected chi connectivity index (χ3v) is 4.75. The quantitative estimate of drug-likeness (QED) is 0.335. The van der Waals surface area contributed by atoms with Crippen molar-refractivity contribution in [2.75, 3.05) is 6.54 Å². The largest absolute Gasteiger partial charge is 0.481 e. The molecular weight excluding hydrogens is 330 g/mol. The molecule has 1 rings (SSSR count). The van der Waals surface area contributed by atoms with Crippen LogP contribution in [-0.2, 0) is 9.59 Å². The number of aliphatic carboxylic acids is 1. The fourth-order valence-corrected chi connectivity index (χ4v) is 3.07. The Labute approximate surface area is 157 Å². The Morgan fingerprint density at radius 1 is 1.31 bits per heavy atom. The Morgan fingerprint density at radius 3 is 2.77 bits per heavy atom. The standard InChI is InChI=1S/C21H33NO4/c1-3-4-5-8-11-19(23)14-12-18-13-15-20(24)22(18)16-9-6-7-10-17(2)21(25)26/h12,14,17-19,23H,3,6-11,13,15-16H2,1-2H3,(H,25,26)/b14-12+/t17?,18-,19-/m0/s1. The highest BCUT2D eigenvalue weighted by Crippen LogP contribution is 2.21. The molecule has 0 aliphatic carbocycles. The first kappa shape index (κ1) is 22.2. The van der Waals surface area contributed by atoms with E-state index in [1.807, 2.05) is 17.9 Å². The zero-order valence-corrected chi connectivity index (χ0v) is 16.1. The first-order valence-corrected chi connectivity index (χ1v) is 9.80. The van der Waals surface area contributed by atoms with Crippen LogP contribution in [0.25, 0.3) is 0 Å². The number of likely N-dealkylation sites (tertiary alicyclic amines) is 1. The van der Waals surface area contributed by atoms with E-state index < -0.39 is 12.1 Å². The van der Waals surface area contributed by atoms with Crippen LogP contribution in [-0.4, -0.2) is 45.7 Å². The van der Waals surface area contributed by atoms with Crippen molar-refractivity contribution in [3.05, 3.63) is 12.2 Å². The molecule has 0 aromatic heterocycles. The molecule has 146 valence electrons. The van der Waals surface area contributed by atoms with Crippen molar-refractivity contribution in [3.63, 3.8) is 0 Å². The summed E-state index contributed by atoms with van der Waals surface area (Å²) in [5, 5.41) is 18.9. The van der Waals surface area contributed by atoms with E-state index in [9.17, 15) is 14.7 Å². The molecular formula is C21H33NO4. The molecule has 1 heterocycles. The second kappa shape index (κ2) is 12.5. The molecule has 2 N–H and O–H groups in total. The number of carboxylic acid groups (broad SMARTS) is 1. The van der Waals surface area contributed by atoms with Crippen molar-refractivity contribution in [2.24, 2.45) is 5.92 Å². The number of nitrogens with zero attached hydrogens (tertiary/aromatic N) is 1. The fourth-order valence-electron chi connectivity index (χ4n) is 3.07.